The van der Waals surface area contributed by atoms with E-state index in [9.17, 15) is 14.7 Å². The smallest absolute Gasteiger partial charge is 0.198 e. The first-order valence-electron chi connectivity index (χ1n) is 4.12. The Kier molecular flexibility index (Phi) is 2.21. The molecule has 0 bridgehead atoms. The zero-order valence-corrected chi connectivity index (χ0v) is 8.17. The lowest BCUT2D eigenvalue weighted by Gasteiger charge is -2.04. The first-order chi connectivity index (χ1) is 7.11. The first-order valence-corrected chi connectivity index (χ1v) is 4.50. The largest absolute Gasteiger partial charge is 0.545 e. The Hall–Kier alpha value is -1.81. The SMILES string of the molecule is O=C([O-])c1c[nH]c2c(Cl)cccc2c1=O. The maximum Gasteiger partial charge on any atom is 0.198 e. The van der Waals surface area contributed by atoms with Gasteiger partial charge in [-0.15, -0.1) is 0 Å². The molecule has 0 unspecified atom stereocenters. The summed E-state index contributed by atoms with van der Waals surface area (Å²) in [6.07, 6.45) is 1.09. The Morgan fingerprint density at radius 2 is 2.13 bits per heavy atom. The Bertz CT molecular complexity index is 603. The summed E-state index contributed by atoms with van der Waals surface area (Å²) in [4.78, 5) is 24.9. The van der Waals surface area contributed by atoms with Crippen LogP contribution in [0.1, 0.15) is 10.4 Å². The molecule has 15 heavy (non-hydrogen) atoms. The predicted molar refractivity (Wildman–Crippen MR) is 53.9 cm³/mol. The number of carbonyl (C=O) groups is 1. The molecule has 76 valence electrons. The molecule has 0 radical (unpaired) electrons. The molecule has 0 spiro atoms. The summed E-state index contributed by atoms with van der Waals surface area (Å²) in [7, 11) is 0. The van der Waals surface area contributed by atoms with Crippen LogP contribution in [0, 0.1) is 0 Å². The van der Waals surface area contributed by atoms with E-state index < -0.39 is 17.0 Å². The number of para-hydroxylation sites is 1. The van der Waals surface area contributed by atoms with Crippen LogP contribution in [0.15, 0.2) is 29.2 Å². The van der Waals surface area contributed by atoms with Crippen LogP contribution in [0.4, 0.5) is 0 Å². The van der Waals surface area contributed by atoms with Gasteiger partial charge in [-0.05, 0) is 12.1 Å². The lowest BCUT2D eigenvalue weighted by atomic mass is 10.1. The minimum atomic E-state index is -1.50. The number of nitrogens with one attached hydrogen (secondary N) is 1. The zero-order valence-electron chi connectivity index (χ0n) is 7.41. The van der Waals surface area contributed by atoms with Crippen molar-refractivity contribution < 1.29 is 9.90 Å². The molecule has 4 nitrogen and oxygen atoms in total. The molecule has 0 aliphatic heterocycles. The summed E-state index contributed by atoms with van der Waals surface area (Å²) in [6, 6.07) is 4.70. The number of halogens is 1. The summed E-state index contributed by atoms with van der Waals surface area (Å²) in [5.41, 5.74) is -0.565. The average molecular weight is 223 g/mol. The third kappa shape index (κ3) is 1.49. The van der Waals surface area contributed by atoms with Crippen LogP contribution in [0.2, 0.25) is 5.02 Å². The standard InChI is InChI=1S/C10H6ClNO3/c11-7-3-1-2-5-8(7)12-4-6(9(5)13)10(14)15/h1-4H,(H,12,13)(H,14,15)/p-1. The normalized spacial score (nSPS) is 10.5. The Morgan fingerprint density at radius 1 is 1.40 bits per heavy atom. The fourth-order valence-corrected chi connectivity index (χ4v) is 1.60. The number of rotatable bonds is 1. The number of carboxylic acids is 1. The van der Waals surface area contributed by atoms with E-state index >= 15 is 0 Å². The van der Waals surface area contributed by atoms with E-state index in [1.165, 1.54) is 6.07 Å². The lowest BCUT2D eigenvalue weighted by Crippen LogP contribution is -2.29. The Labute approximate surface area is 89.1 Å². The highest BCUT2D eigenvalue weighted by Gasteiger charge is 2.07. The van der Waals surface area contributed by atoms with E-state index in [4.69, 9.17) is 11.6 Å². The molecule has 0 aliphatic rings. The predicted octanol–water partition coefficient (Wildman–Crippen LogP) is 0.545. The molecule has 2 rings (SSSR count). The molecule has 2 aromatic rings. The molecule has 0 saturated heterocycles. The highest BCUT2D eigenvalue weighted by Crippen LogP contribution is 2.18. The number of H-pyrrole nitrogens is 1. The van der Waals surface area contributed by atoms with Crippen LogP contribution in [0.25, 0.3) is 10.9 Å². The Morgan fingerprint density at radius 3 is 2.80 bits per heavy atom. The van der Waals surface area contributed by atoms with Gasteiger partial charge in [0.1, 0.15) is 0 Å². The number of carbonyl (C=O) groups excluding carboxylic acids is 1. The first kappa shape index (κ1) is 9.73. The molecule has 1 heterocycles. The molecule has 1 aromatic carbocycles. The van der Waals surface area contributed by atoms with Crippen LogP contribution >= 0.6 is 11.6 Å². The number of aromatic carboxylic acids is 1. The van der Waals surface area contributed by atoms with Crippen molar-refractivity contribution in [3.63, 3.8) is 0 Å². The van der Waals surface area contributed by atoms with Gasteiger partial charge in [0.15, 0.2) is 5.43 Å². The maximum absolute atomic E-state index is 11.6. The summed E-state index contributed by atoms with van der Waals surface area (Å²) in [6.45, 7) is 0. The number of aromatic nitrogens is 1. The minimum absolute atomic E-state index is 0.240. The van der Waals surface area contributed by atoms with Crippen LogP contribution in [0.3, 0.4) is 0 Å². The third-order valence-electron chi connectivity index (χ3n) is 2.08. The second-order valence-electron chi connectivity index (χ2n) is 2.98. The number of hydrogen-bond acceptors (Lipinski definition) is 3. The van der Waals surface area contributed by atoms with Gasteiger partial charge < -0.3 is 14.9 Å². The quantitative estimate of drug-likeness (QED) is 0.766. The van der Waals surface area contributed by atoms with Crippen molar-refractivity contribution in [2.24, 2.45) is 0 Å². The number of aromatic amines is 1. The van der Waals surface area contributed by atoms with Crippen LogP contribution in [0.5, 0.6) is 0 Å². The third-order valence-corrected chi connectivity index (χ3v) is 2.40. The van der Waals surface area contributed by atoms with Gasteiger partial charge in [-0.25, -0.2) is 0 Å². The summed E-state index contributed by atoms with van der Waals surface area (Å²) >= 11 is 5.83. The van der Waals surface area contributed by atoms with E-state index in [-0.39, 0.29) is 5.39 Å². The monoisotopic (exact) mass is 222 g/mol. The summed E-state index contributed by atoms with van der Waals surface area (Å²) in [5, 5.41) is 11.2. The van der Waals surface area contributed by atoms with Crippen LogP contribution in [-0.4, -0.2) is 11.0 Å². The molecule has 1 N–H and O–H groups in total. The molecule has 0 amide bonds. The molecule has 0 saturated carbocycles. The number of benzene rings is 1. The summed E-state index contributed by atoms with van der Waals surface area (Å²) < 4.78 is 0. The van der Waals surface area contributed by atoms with Crippen molar-refractivity contribution in [2.75, 3.05) is 0 Å². The van der Waals surface area contributed by atoms with Gasteiger partial charge in [0.05, 0.1) is 22.1 Å². The van der Waals surface area contributed by atoms with Crippen molar-refractivity contribution in [1.82, 2.24) is 4.98 Å². The van der Waals surface area contributed by atoms with Crippen LogP contribution in [-0.2, 0) is 0 Å². The van der Waals surface area contributed by atoms with Gasteiger partial charge in [0, 0.05) is 11.6 Å². The lowest BCUT2D eigenvalue weighted by molar-refractivity contribution is -0.255. The average Bonchev–Trinajstić information content (AvgIpc) is 2.19. The van der Waals surface area contributed by atoms with Gasteiger partial charge in [0.25, 0.3) is 0 Å². The van der Waals surface area contributed by atoms with Crippen molar-refractivity contribution in [1.29, 1.82) is 0 Å². The Balaban J connectivity index is 2.92. The van der Waals surface area contributed by atoms with E-state index in [2.05, 4.69) is 4.98 Å². The molecule has 0 fully saturated rings. The highest BCUT2D eigenvalue weighted by atomic mass is 35.5. The molecule has 5 heteroatoms. The fraction of sp³-hybridized carbons (Fsp3) is 0. The topological polar surface area (TPSA) is 73.0 Å². The van der Waals surface area contributed by atoms with Crippen LogP contribution < -0.4 is 10.5 Å². The molecule has 0 aliphatic carbocycles. The van der Waals surface area contributed by atoms with Gasteiger partial charge in [-0.3, -0.25) is 4.79 Å². The number of fused-ring (bicyclic) bond motifs is 1. The van der Waals surface area contributed by atoms with Crippen molar-refractivity contribution >= 4 is 28.5 Å². The van der Waals surface area contributed by atoms with Crippen molar-refractivity contribution in [2.45, 2.75) is 0 Å². The second kappa shape index (κ2) is 3.40. The van der Waals surface area contributed by atoms with Crippen molar-refractivity contribution in [3.8, 4) is 0 Å². The number of carboxylic acid groups (broad SMARTS) is 1. The highest BCUT2D eigenvalue weighted by molar-refractivity contribution is 6.35. The summed E-state index contributed by atoms with van der Waals surface area (Å²) in [5.74, 6) is -1.50. The van der Waals surface area contributed by atoms with Gasteiger partial charge in [-0.2, -0.15) is 0 Å². The van der Waals surface area contributed by atoms with E-state index in [1.807, 2.05) is 0 Å². The molecular formula is C10H5ClNO3-. The molecule has 0 atom stereocenters. The fourth-order valence-electron chi connectivity index (χ4n) is 1.37. The van der Waals surface area contributed by atoms with E-state index in [1.54, 1.807) is 12.1 Å². The van der Waals surface area contributed by atoms with E-state index in [0.717, 1.165) is 6.20 Å². The number of hydrogen-bond donors (Lipinski definition) is 1. The number of pyridine rings is 1. The van der Waals surface area contributed by atoms with Gasteiger partial charge in [0.2, 0.25) is 0 Å². The maximum atomic E-state index is 11.6. The second-order valence-corrected chi connectivity index (χ2v) is 3.39. The van der Waals surface area contributed by atoms with Crippen molar-refractivity contribution in [3.05, 3.63) is 45.2 Å². The van der Waals surface area contributed by atoms with E-state index in [0.29, 0.717) is 10.5 Å². The van der Waals surface area contributed by atoms with Gasteiger partial charge >= 0.3 is 0 Å². The minimum Gasteiger partial charge on any atom is -0.545 e. The molecular weight excluding hydrogens is 218 g/mol. The van der Waals surface area contributed by atoms with Gasteiger partial charge in [-0.1, -0.05) is 17.7 Å². The zero-order chi connectivity index (χ0) is 11.0. The molecule has 1 aromatic heterocycles.